The van der Waals surface area contributed by atoms with E-state index in [1.54, 1.807) is 0 Å². The van der Waals surface area contributed by atoms with Crippen LogP contribution in [0.2, 0.25) is 42.5 Å². The Labute approximate surface area is 374 Å². The fourth-order valence-corrected chi connectivity index (χ4v) is 10.7. The molecule has 0 aliphatic rings. The van der Waals surface area contributed by atoms with E-state index in [0.29, 0.717) is 10.8 Å². The molecule has 0 heterocycles. The lowest BCUT2D eigenvalue weighted by atomic mass is 9.16. The highest BCUT2D eigenvalue weighted by Crippen LogP contribution is 2.67. The standard InChI is InChI=1S/C54H110B4/c1-23-27-31-35-39-43-54(22,44-40-36-32-28-24-2)52(19,20)58-50(15,16)48(11,12)56-46(7,8)45(5,6)55-47(9,10)49(13,14)57-51(17,18)53(21,41-37-33-29-25-3)42-38-34-30-26-4/h23-44H2,1-22H3. The van der Waals surface area contributed by atoms with Crippen molar-refractivity contribution in [2.45, 2.75) is 336 Å². The normalized spacial score (nSPS) is 14.5. The summed E-state index contributed by atoms with van der Waals surface area (Å²) in [6, 6.07) is 0. The Morgan fingerprint density at radius 3 is 0.552 bits per heavy atom. The van der Waals surface area contributed by atoms with Crippen molar-refractivity contribution in [3.63, 3.8) is 0 Å². The molecule has 0 rings (SSSR count). The topological polar surface area (TPSA) is 0 Å². The molecule has 0 aromatic rings. The zero-order chi connectivity index (χ0) is 45.4. The predicted molar refractivity (Wildman–Crippen MR) is 276 cm³/mol. The molecular formula is C54H110B4. The van der Waals surface area contributed by atoms with Crippen LogP contribution < -0.4 is 0 Å². The van der Waals surface area contributed by atoms with Crippen LogP contribution >= 0.6 is 0 Å². The molecule has 0 nitrogen and oxygen atoms in total. The summed E-state index contributed by atoms with van der Waals surface area (Å²) in [6.07, 6.45) is 29.9. The van der Waals surface area contributed by atoms with Crippen molar-refractivity contribution < 1.29 is 0 Å². The summed E-state index contributed by atoms with van der Waals surface area (Å²) in [5.41, 5.74) is 0.618. The third kappa shape index (κ3) is 17.4. The first-order valence-electron chi connectivity index (χ1n) is 25.8. The highest BCUT2D eigenvalue weighted by molar-refractivity contribution is 6.57. The smallest absolute Gasteiger partial charge is 0.0673 e. The average molecular weight is 803 g/mol. The molecule has 4 radical (unpaired) electrons. The Bertz CT molecular complexity index is 1060. The number of rotatable bonds is 35. The van der Waals surface area contributed by atoms with Gasteiger partial charge in [0.2, 0.25) is 0 Å². The minimum Gasteiger partial charge on any atom is -0.0673 e. The van der Waals surface area contributed by atoms with Crippen LogP contribution in [0.1, 0.15) is 294 Å². The minimum atomic E-state index is -0.0104. The van der Waals surface area contributed by atoms with E-state index >= 15 is 0 Å². The Morgan fingerprint density at radius 2 is 0.362 bits per heavy atom. The van der Waals surface area contributed by atoms with Crippen LogP contribution in [-0.4, -0.2) is 29.1 Å². The summed E-state index contributed by atoms with van der Waals surface area (Å²) >= 11 is 0. The maximum atomic E-state index is 2.83. The van der Waals surface area contributed by atoms with Crippen molar-refractivity contribution in [2.75, 3.05) is 0 Å². The summed E-state index contributed by atoms with van der Waals surface area (Å²) < 4.78 is 0. The first-order valence-corrected chi connectivity index (χ1v) is 25.8. The highest BCUT2D eigenvalue weighted by Gasteiger charge is 2.54. The molecule has 0 N–H and O–H groups in total. The largest absolute Gasteiger partial charge is 0.125 e. The zero-order valence-electron chi connectivity index (χ0n) is 44.9. The highest BCUT2D eigenvalue weighted by atomic mass is 14.5. The van der Waals surface area contributed by atoms with E-state index in [4.69, 9.17) is 0 Å². The lowest BCUT2D eigenvalue weighted by molar-refractivity contribution is 0.175. The fraction of sp³-hybridized carbons (Fsp3) is 1.00. The molecule has 0 aromatic carbocycles. The van der Waals surface area contributed by atoms with Gasteiger partial charge in [0.15, 0.2) is 0 Å². The quantitative estimate of drug-likeness (QED) is 0.0442. The third-order valence-electron chi connectivity index (χ3n) is 17.8. The van der Waals surface area contributed by atoms with E-state index in [2.05, 4.69) is 181 Å². The van der Waals surface area contributed by atoms with Gasteiger partial charge in [-0.15, -0.1) is 0 Å². The molecule has 0 amide bonds. The van der Waals surface area contributed by atoms with Gasteiger partial charge in [0.25, 0.3) is 0 Å². The van der Waals surface area contributed by atoms with Crippen molar-refractivity contribution >= 4 is 29.1 Å². The molecule has 0 saturated carbocycles. The van der Waals surface area contributed by atoms with E-state index in [1.807, 2.05) is 0 Å². The van der Waals surface area contributed by atoms with E-state index in [-0.39, 0.29) is 42.5 Å². The molecule has 4 heteroatoms. The molecule has 0 unspecified atom stereocenters. The maximum Gasteiger partial charge on any atom is 0.125 e. The van der Waals surface area contributed by atoms with Gasteiger partial charge in [-0.2, -0.15) is 0 Å². The molecule has 0 spiro atoms. The van der Waals surface area contributed by atoms with Crippen molar-refractivity contribution in [3.8, 4) is 0 Å². The lowest BCUT2D eigenvalue weighted by Gasteiger charge is -2.57. The molecule has 0 atom stereocenters. The second-order valence-electron chi connectivity index (χ2n) is 25.4. The Balaban J connectivity index is 6.32. The van der Waals surface area contributed by atoms with Gasteiger partial charge in [0.1, 0.15) is 29.1 Å². The second-order valence-corrected chi connectivity index (χ2v) is 25.4. The maximum absolute atomic E-state index is 2.83. The molecule has 0 fully saturated rings. The van der Waals surface area contributed by atoms with E-state index in [0.717, 1.165) is 0 Å². The fourth-order valence-electron chi connectivity index (χ4n) is 10.7. The van der Waals surface area contributed by atoms with Crippen LogP contribution in [0.15, 0.2) is 0 Å². The number of unbranched alkanes of at least 4 members (excludes halogenated alkanes) is 14. The van der Waals surface area contributed by atoms with Gasteiger partial charge < -0.3 is 0 Å². The third-order valence-corrected chi connectivity index (χ3v) is 17.8. The van der Waals surface area contributed by atoms with Gasteiger partial charge in [0, 0.05) is 0 Å². The molecule has 0 saturated heterocycles. The monoisotopic (exact) mass is 803 g/mol. The van der Waals surface area contributed by atoms with E-state index < -0.39 is 0 Å². The Kier molecular flexibility index (Phi) is 24.5. The average Bonchev–Trinajstić information content (AvgIpc) is 3.06. The van der Waals surface area contributed by atoms with E-state index in [9.17, 15) is 0 Å². The summed E-state index contributed by atoms with van der Waals surface area (Å²) in [5.74, 6) is 0. The first kappa shape index (κ1) is 58.3. The van der Waals surface area contributed by atoms with Gasteiger partial charge in [-0.3, -0.25) is 0 Å². The van der Waals surface area contributed by atoms with Crippen molar-refractivity contribution in [1.82, 2.24) is 0 Å². The number of hydrogen-bond acceptors (Lipinski definition) is 0. The summed E-state index contributed by atoms with van der Waals surface area (Å²) in [6.45, 7) is 55.5. The van der Waals surface area contributed by atoms with Crippen LogP contribution in [0.25, 0.3) is 0 Å². The van der Waals surface area contributed by atoms with Crippen LogP contribution in [0.5, 0.6) is 0 Å². The van der Waals surface area contributed by atoms with Gasteiger partial charge in [-0.05, 0) is 36.5 Å². The first-order chi connectivity index (χ1) is 26.3. The Hall–Kier alpha value is 0.260. The van der Waals surface area contributed by atoms with Gasteiger partial charge >= 0.3 is 0 Å². The number of hydrogen-bond donors (Lipinski definition) is 0. The SMILES string of the molecule is CCCCCCCC(C)(CCCCCCC)C(C)(C)[B]C(C)(C)C(C)(C)[B]C(C)(C)C(C)(C)[B]C(C)(C)C(C)(C)[B]C(C)(C)C(C)(CCCCCC)CCCCCC. The van der Waals surface area contributed by atoms with Crippen molar-refractivity contribution in [2.24, 2.45) is 10.8 Å². The van der Waals surface area contributed by atoms with Crippen molar-refractivity contribution in [3.05, 3.63) is 0 Å². The molecule has 0 aliphatic carbocycles. The lowest BCUT2D eigenvalue weighted by Crippen LogP contribution is -2.47. The molecule has 0 aliphatic heterocycles. The Morgan fingerprint density at radius 1 is 0.207 bits per heavy atom. The molecule has 338 valence electrons. The van der Waals surface area contributed by atoms with Gasteiger partial charge in [-0.1, -0.05) is 310 Å². The molecule has 0 bridgehead atoms. The van der Waals surface area contributed by atoms with Crippen LogP contribution in [0.4, 0.5) is 0 Å². The van der Waals surface area contributed by atoms with Crippen LogP contribution in [-0.2, 0) is 0 Å². The molecule has 58 heavy (non-hydrogen) atoms. The summed E-state index contributed by atoms with van der Waals surface area (Å²) in [7, 11) is 11.2. The van der Waals surface area contributed by atoms with Crippen LogP contribution in [0, 0.1) is 10.8 Å². The molecular weight excluding hydrogens is 692 g/mol. The van der Waals surface area contributed by atoms with Crippen LogP contribution in [0.3, 0.4) is 0 Å². The van der Waals surface area contributed by atoms with Crippen molar-refractivity contribution in [1.29, 1.82) is 0 Å². The van der Waals surface area contributed by atoms with Gasteiger partial charge in [0.05, 0.1) is 0 Å². The summed E-state index contributed by atoms with van der Waals surface area (Å²) in [5, 5.41) is 0.329. The predicted octanol–water partition coefficient (Wildman–Crippen LogP) is 20.1. The zero-order valence-corrected chi connectivity index (χ0v) is 44.9. The van der Waals surface area contributed by atoms with E-state index in [1.165, 1.54) is 141 Å². The summed E-state index contributed by atoms with van der Waals surface area (Å²) in [4.78, 5) is 0. The molecule has 0 aromatic heterocycles. The minimum absolute atomic E-state index is 0.00713. The second kappa shape index (κ2) is 24.4. The van der Waals surface area contributed by atoms with Gasteiger partial charge in [-0.25, -0.2) is 0 Å².